The van der Waals surface area contributed by atoms with Gasteiger partial charge in [0.1, 0.15) is 23.4 Å². The molecule has 20 heavy (non-hydrogen) atoms. The van der Waals surface area contributed by atoms with Gasteiger partial charge in [-0.3, -0.25) is 0 Å². The zero-order valence-electron chi connectivity index (χ0n) is 11.1. The van der Waals surface area contributed by atoms with Gasteiger partial charge in [-0.1, -0.05) is 18.2 Å². The highest BCUT2D eigenvalue weighted by Crippen LogP contribution is 2.38. The van der Waals surface area contributed by atoms with Crippen LogP contribution in [0.2, 0.25) is 0 Å². The van der Waals surface area contributed by atoms with Gasteiger partial charge in [0.15, 0.2) is 6.10 Å². The molecule has 2 aromatic carbocycles. The third kappa shape index (κ3) is 2.30. The van der Waals surface area contributed by atoms with Crippen LogP contribution in [0.5, 0.6) is 17.2 Å². The zero-order valence-corrected chi connectivity index (χ0v) is 11.1. The van der Waals surface area contributed by atoms with Gasteiger partial charge in [0, 0.05) is 19.6 Å². The van der Waals surface area contributed by atoms with Gasteiger partial charge in [0.25, 0.3) is 0 Å². The Bertz CT molecular complexity index is 606. The van der Waals surface area contributed by atoms with Crippen LogP contribution in [0.25, 0.3) is 0 Å². The molecule has 0 spiro atoms. The Kier molecular flexibility index (Phi) is 3.24. The molecule has 4 heteroatoms. The van der Waals surface area contributed by atoms with Crippen molar-refractivity contribution in [1.82, 2.24) is 0 Å². The minimum absolute atomic E-state index is 0.100. The van der Waals surface area contributed by atoms with E-state index in [1.165, 1.54) is 0 Å². The fraction of sp³-hybridized carbons (Fsp3) is 0.250. The lowest BCUT2D eigenvalue weighted by molar-refractivity contribution is -0.0115. The van der Waals surface area contributed by atoms with Crippen molar-refractivity contribution in [2.75, 3.05) is 7.11 Å². The minimum Gasteiger partial charge on any atom is -0.508 e. The fourth-order valence-corrected chi connectivity index (χ4v) is 2.51. The fourth-order valence-electron chi connectivity index (χ4n) is 2.51. The monoisotopic (exact) mass is 272 g/mol. The van der Waals surface area contributed by atoms with Crippen molar-refractivity contribution < 1.29 is 19.7 Å². The molecule has 0 saturated carbocycles. The van der Waals surface area contributed by atoms with Gasteiger partial charge in [0.05, 0.1) is 0 Å². The molecule has 1 heterocycles. The summed E-state index contributed by atoms with van der Waals surface area (Å²) in [6.07, 6.45) is 0.365. The van der Waals surface area contributed by atoms with Gasteiger partial charge >= 0.3 is 0 Å². The normalized spacial score (nSPS) is 21.1. The molecule has 104 valence electrons. The van der Waals surface area contributed by atoms with Gasteiger partial charge < -0.3 is 19.7 Å². The van der Waals surface area contributed by atoms with Crippen molar-refractivity contribution in [1.29, 1.82) is 0 Å². The molecular weight excluding hydrogens is 256 g/mol. The van der Waals surface area contributed by atoms with E-state index in [-0.39, 0.29) is 23.7 Å². The van der Waals surface area contributed by atoms with Crippen LogP contribution in [0.1, 0.15) is 17.2 Å². The maximum absolute atomic E-state index is 9.56. The maximum atomic E-state index is 9.56. The number of phenols is 2. The summed E-state index contributed by atoms with van der Waals surface area (Å²) in [7, 11) is 1.66. The topological polar surface area (TPSA) is 58.9 Å². The van der Waals surface area contributed by atoms with Crippen LogP contribution >= 0.6 is 0 Å². The molecule has 0 saturated heterocycles. The molecule has 0 unspecified atom stereocenters. The van der Waals surface area contributed by atoms with E-state index in [2.05, 4.69) is 0 Å². The Morgan fingerprint density at radius 2 is 1.75 bits per heavy atom. The van der Waals surface area contributed by atoms with Crippen LogP contribution in [0.3, 0.4) is 0 Å². The number of fused-ring (bicyclic) bond motifs is 1. The van der Waals surface area contributed by atoms with E-state index >= 15 is 0 Å². The summed E-state index contributed by atoms with van der Waals surface area (Å²) in [6.45, 7) is 0. The molecule has 3 rings (SSSR count). The average molecular weight is 272 g/mol. The minimum atomic E-state index is -0.255. The number of methoxy groups -OCH3 is 1. The Morgan fingerprint density at radius 1 is 1.05 bits per heavy atom. The highest BCUT2D eigenvalue weighted by molar-refractivity contribution is 5.43. The standard InChI is InChI=1S/C16H16O4/c1-19-15-8-11-4-7-13(18)9-14(11)20-16(15)10-2-5-12(17)6-3-10/h2-7,9,15-18H,8H2,1H3/t15-,16-/m1/s1. The van der Waals surface area contributed by atoms with Crippen LogP contribution in [-0.4, -0.2) is 23.4 Å². The van der Waals surface area contributed by atoms with E-state index < -0.39 is 0 Å². The molecule has 0 bridgehead atoms. The summed E-state index contributed by atoms with van der Waals surface area (Å²) in [6, 6.07) is 12.0. The average Bonchev–Trinajstić information content (AvgIpc) is 2.46. The van der Waals surface area contributed by atoms with Crippen LogP contribution in [0.4, 0.5) is 0 Å². The van der Waals surface area contributed by atoms with Gasteiger partial charge in [-0.25, -0.2) is 0 Å². The Labute approximate surface area is 117 Å². The van der Waals surface area contributed by atoms with E-state index in [0.717, 1.165) is 17.5 Å². The quantitative estimate of drug-likeness (QED) is 0.882. The van der Waals surface area contributed by atoms with E-state index in [9.17, 15) is 10.2 Å². The number of ether oxygens (including phenoxy) is 2. The number of aromatic hydroxyl groups is 2. The highest BCUT2D eigenvalue weighted by atomic mass is 16.5. The lowest BCUT2D eigenvalue weighted by Gasteiger charge is -2.33. The second-order valence-corrected chi connectivity index (χ2v) is 4.90. The summed E-state index contributed by atoms with van der Waals surface area (Å²) in [5.41, 5.74) is 1.95. The van der Waals surface area contributed by atoms with Crippen molar-refractivity contribution in [3.63, 3.8) is 0 Å². The number of hydrogen-bond donors (Lipinski definition) is 2. The third-order valence-electron chi connectivity index (χ3n) is 3.59. The first-order valence-corrected chi connectivity index (χ1v) is 6.47. The molecule has 1 aliphatic rings. The SMILES string of the molecule is CO[C@@H]1Cc2ccc(O)cc2O[C@@H]1c1ccc(O)cc1. The molecule has 0 radical (unpaired) electrons. The van der Waals surface area contributed by atoms with Crippen molar-refractivity contribution in [2.24, 2.45) is 0 Å². The lowest BCUT2D eigenvalue weighted by Crippen LogP contribution is -2.32. The zero-order chi connectivity index (χ0) is 14.1. The maximum Gasteiger partial charge on any atom is 0.150 e. The van der Waals surface area contributed by atoms with Crippen LogP contribution in [0, 0.1) is 0 Å². The summed E-state index contributed by atoms with van der Waals surface area (Å²) < 4.78 is 11.5. The summed E-state index contributed by atoms with van der Waals surface area (Å²) >= 11 is 0. The third-order valence-corrected chi connectivity index (χ3v) is 3.59. The second-order valence-electron chi connectivity index (χ2n) is 4.90. The van der Waals surface area contributed by atoms with E-state index in [1.54, 1.807) is 31.4 Å². The van der Waals surface area contributed by atoms with Crippen molar-refractivity contribution in [2.45, 2.75) is 18.6 Å². The molecule has 0 fully saturated rings. The summed E-state index contributed by atoms with van der Waals surface area (Å²) in [5.74, 6) is 1.08. The van der Waals surface area contributed by atoms with E-state index in [1.807, 2.05) is 18.2 Å². The predicted molar refractivity (Wildman–Crippen MR) is 74.1 cm³/mol. The van der Waals surface area contributed by atoms with Crippen molar-refractivity contribution >= 4 is 0 Å². The molecule has 2 N–H and O–H groups in total. The Balaban J connectivity index is 1.96. The molecule has 0 amide bonds. The lowest BCUT2D eigenvalue weighted by atomic mass is 9.94. The van der Waals surface area contributed by atoms with Crippen LogP contribution in [0.15, 0.2) is 42.5 Å². The predicted octanol–water partition coefficient (Wildman–Crippen LogP) is 2.79. The molecule has 0 aliphatic carbocycles. The summed E-state index contributed by atoms with van der Waals surface area (Å²) in [5, 5.41) is 18.9. The smallest absolute Gasteiger partial charge is 0.150 e. The Morgan fingerprint density at radius 3 is 2.45 bits per heavy atom. The van der Waals surface area contributed by atoms with Gasteiger partial charge in [-0.15, -0.1) is 0 Å². The Hall–Kier alpha value is -2.20. The van der Waals surface area contributed by atoms with Crippen molar-refractivity contribution in [3.8, 4) is 17.2 Å². The first kappa shape index (κ1) is 12.8. The van der Waals surface area contributed by atoms with E-state index in [4.69, 9.17) is 9.47 Å². The largest absolute Gasteiger partial charge is 0.508 e. The van der Waals surface area contributed by atoms with Gasteiger partial charge in [0.2, 0.25) is 0 Å². The first-order chi connectivity index (χ1) is 9.67. The van der Waals surface area contributed by atoms with Gasteiger partial charge in [-0.2, -0.15) is 0 Å². The highest BCUT2D eigenvalue weighted by Gasteiger charge is 2.31. The van der Waals surface area contributed by atoms with Crippen LogP contribution in [-0.2, 0) is 11.2 Å². The number of phenolic OH excluding ortho intramolecular Hbond substituents is 2. The second kappa shape index (κ2) is 5.06. The first-order valence-electron chi connectivity index (χ1n) is 6.47. The summed E-state index contributed by atoms with van der Waals surface area (Å²) in [4.78, 5) is 0. The number of benzene rings is 2. The van der Waals surface area contributed by atoms with Crippen molar-refractivity contribution in [3.05, 3.63) is 53.6 Å². The number of hydrogen-bond acceptors (Lipinski definition) is 4. The molecular formula is C16H16O4. The van der Waals surface area contributed by atoms with E-state index in [0.29, 0.717) is 5.75 Å². The molecule has 4 nitrogen and oxygen atoms in total. The molecule has 2 atom stereocenters. The molecule has 1 aliphatic heterocycles. The van der Waals surface area contributed by atoms with Gasteiger partial charge in [-0.05, 0) is 29.3 Å². The molecule has 0 aromatic heterocycles. The van der Waals surface area contributed by atoms with Crippen LogP contribution < -0.4 is 4.74 Å². The molecule has 2 aromatic rings. The number of rotatable bonds is 2.